The van der Waals surface area contributed by atoms with Crippen molar-refractivity contribution in [1.29, 1.82) is 0 Å². The highest BCUT2D eigenvalue weighted by Crippen LogP contribution is 2.26. The lowest BCUT2D eigenvalue weighted by atomic mass is 10.1. The van der Waals surface area contributed by atoms with E-state index in [1.54, 1.807) is 0 Å². The lowest BCUT2D eigenvalue weighted by Crippen LogP contribution is -2.01. The minimum absolute atomic E-state index is 0.00812. The summed E-state index contributed by atoms with van der Waals surface area (Å²) in [5.74, 6) is 0.408. The number of nitrogens with two attached hydrogens (primary N) is 1. The molecule has 0 bridgehead atoms. The van der Waals surface area contributed by atoms with Crippen molar-refractivity contribution in [3.63, 3.8) is 0 Å². The maximum absolute atomic E-state index is 10.7. The molecule has 0 atom stereocenters. The average molecular weight is 280 g/mol. The Balaban J connectivity index is 2.24. The van der Waals surface area contributed by atoms with Gasteiger partial charge in [0.1, 0.15) is 5.75 Å². The number of non-ortho nitro benzene ring substituents is 1. The van der Waals surface area contributed by atoms with Gasteiger partial charge in [0, 0.05) is 6.07 Å². The normalized spacial score (nSPS) is 10.4. The summed E-state index contributed by atoms with van der Waals surface area (Å²) in [5.41, 5.74) is 6.19. The predicted molar refractivity (Wildman–Crippen MR) is 81.0 cm³/mol. The van der Waals surface area contributed by atoms with Gasteiger partial charge in [-0.2, -0.15) is 0 Å². The Morgan fingerprint density at radius 1 is 1.15 bits per heavy atom. The largest absolute Gasteiger partial charge is 0.491 e. The molecule has 0 aliphatic rings. The molecule has 0 heterocycles. The quantitative estimate of drug-likeness (QED) is 0.300. The summed E-state index contributed by atoms with van der Waals surface area (Å²) in [5, 5.41) is 10.7. The van der Waals surface area contributed by atoms with E-state index in [4.69, 9.17) is 10.5 Å². The van der Waals surface area contributed by atoms with Gasteiger partial charge in [0.2, 0.25) is 0 Å². The Morgan fingerprint density at radius 2 is 1.80 bits per heavy atom. The van der Waals surface area contributed by atoms with E-state index in [1.165, 1.54) is 50.3 Å². The van der Waals surface area contributed by atoms with Crippen molar-refractivity contribution in [2.45, 2.75) is 51.9 Å². The van der Waals surface area contributed by atoms with E-state index in [0.29, 0.717) is 18.0 Å². The van der Waals surface area contributed by atoms with Crippen LogP contribution in [0.25, 0.3) is 0 Å². The highest BCUT2D eigenvalue weighted by molar-refractivity contribution is 5.57. The number of ether oxygens (including phenoxy) is 1. The van der Waals surface area contributed by atoms with Gasteiger partial charge in [-0.25, -0.2) is 0 Å². The van der Waals surface area contributed by atoms with Crippen molar-refractivity contribution in [1.82, 2.24) is 0 Å². The fraction of sp³-hybridized carbons (Fsp3) is 0.600. The van der Waals surface area contributed by atoms with Gasteiger partial charge in [0.25, 0.3) is 5.69 Å². The van der Waals surface area contributed by atoms with Crippen molar-refractivity contribution >= 4 is 11.4 Å². The Morgan fingerprint density at radius 3 is 2.45 bits per heavy atom. The van der Waals surface area contributed by atoms with Crippen LogP contribution in [0.5, 0.6) is 5.75 Å². The molecule has 0 radical (unpaired) electrons. The second-order valence-electron chi connectivity index (χ2n) is 4.95. The van der Waals surface area contributed by atoms with Gasteiger partial charge in [-0.15, -0.1) is 0 Å². The third kappa shape index (κ3) is 5.91. The number of hydrogen-bond donors (Lipinski definition) is 1. The summed E-state index contributed by atoms with van der Waals surface area (Å²) in [6.45, 7) is 2.76. The maximum Gasteiger partial charge on any atom is 0.273 e. The molecule has 1 rings (SSSR count). The fourth-order valence-electron chi connectivity index (χ4n) is 2.00. The number of nitro benzene ring substituents is 1. The topological polar surface area (TPSA) is 78.4 Å². The van der Waals surface area contributed by atoms with Crippen LogP contribution in [-0.2, 0) is 0 Å². The molecule has 0 unspecified atom stereocenters. The van der Waals surface area contributed by atoms with Crippen LogP contribution in [0.4, 0.5) is 11.4 Å². The molecule has 0 saturated heterocycles. The number of anilines is 1. The van der Waals surface area contributed by atoms with Gasteiger partial charge in [-0.1, -0.05) is 45.4 Å². The zero-order valence-corrected chi connectivity index (χ0v) is 12.1. The van der Waals surface area contributed by atoms with E-state index in [9.17, 15) is 10.1 Å². The minimum atomic E-state index is -0.444. The van der Waals surface area contributed by atoms with Gasteiger partial charge in [-0.05, 0) is 12.5 Å². The van der Waals surface area contributed by atoms with Crippen LogP contribution in [0, 0.1) is 10.1 Å². The van der Waals surface area contributed by atoms with Gasteiger partial charge in [0.05, 0.1) is 23.3 Å². The summed E-state index contributed by atoms with van der Waals surface area (Å²) in [6, 6.07) is 4.28. The Bertz CT molecular complexity index is 422. The number of nitrogens with zero attached hydrogens (tertiary/aromatic N) is 1. The predicted octanol–water partition coefficient (Wildman–Crippen LogP) is 4.31. The molecule has 0 saturated carbocycles. The molecule has 5 heteroatoms. The minimum Gasteiger partial charge on any atom is -0.491 e. The first-order valence-corrected chi connectivity index (χ1v) is 7.32. The molecule has 1 aromatic carbocycles. The third-order valence-electron chi connectivity index (χ3n) is 3.21. The van der Waals surface area contributed by atoms with Gasteiger partial charge < -0.3 is 10.5 Å². The van der Waals surface area contributed by atoms with E-state index in [2.05, 4.69) is 6.92 Å². The Kier molecular flexibility index (Phi) is 7.47. The molecule has 0 fully saturated rings. The second kappa shape index (κ2) is 9.18. The van der Waals surface area contributed by atoms with Crippen LogP contribution in [0.15, 0.2) is 18.2 Å². The molecule has 0 amide bonds. The molecule has 5 nitrogen and oxygen atoms in total. The average Bonchev–Trinajstić information content (AvgIpc) is 2.43. The first-order valence-electron chi connectivity index (χ1n) is 7.32. The molecule has 20 heavy (non-hydrogen) atoms. The van der Waals surface area contributed by atoms with E-state index >= 15 is 0 Å². The summed E-state index contributed by atoms with van der Waals surface area (Å²) in [7, 11) is 0. The summed E-state index contributed by atoms with van der Waals surface area (Å²) >= 11 is 0. The monoisotopic (exact) mass is 280 g/mol. The van der Waals surface area contributed by atoms with Crippen molar-refractivity contribution < 1.29 is 9.66 Å². The molecule has 0 aliphatic carbocycles. The molecule has 0 aromatic heterocycles. The van der Waals surface area contributed by atoms with Crippen LogP contribution in [-0.4, -0.2) is 11.5 Å². The number of unbranched alkanes of at least 4 members (excludes halogenated alkanes) is 6. The zero-order chi connectivity index (χ0) is 14.8. The van der Waals surface area contributed by atoms with Crippen LogP contribution < -0.4 is 10.5 Å². The summed E-state index contributed by atoms with van der Waals surface area (Å²) in [4.78, 5) is 10.2. The molecule has 1 aromatic rings. The lowest BCUT2D eigenvalue weighted by molar-refractivity contribution is -0.384. The van der Waals surface area contributed by atoms with E-state index < -0.39 is 4.92 Å². The van der Waals surface area contributed by atoms with Crippen molar-refractivity contribution in [2.24, 2.45) is 0 Å². The van der Waals surface area contributed by atoms with Gasteiger partial charge >= 0.3 is 0 Å². The fourth-order valence-corrected chi connectivity index (χ4v) is 2.00. The first kappa shape index (κ1) is 16.3. The van der Waals surface area contributed by atoms with Crippen LogP contribution in [0.1, 0.15) is 51.9 Å². The standard InChI is InChI=1S/C15H24N2O3/c1-2-3-4-5-6-7-8-11-20-15-12-13(17(18)19)9-10-14(15)16/h9-10,12H,2-8,11,16H2,1H3. The van der Waals surface area contributed by atoms with Crippen LogP contribution in [0.3, 0.4) is 0 Å². The van der Waals surface area contributed by atoms with E-state index in [0.717, 1.165) is 12.8 Å². The molecular formula is C15H24N2O3. The van der Waals surface area contributed by atoms with Crippen molar-refractivity contribution in [3.8, 4) is 5.75 Å². The second-order valence-corrected chi connectivity index (χ2v) is 4.95. The first-order chi connectivity index (χ1) is 9.65. The molecule has 112 valence electrons. The molecule has 0 spiro atoms. The van der Waals surface area contributed by atoms with E-state index in [-0.39, 0.29) is 5.69 Å². The number of rotatable bonds is 10. The highest BCUT2D eigenvalue weighted by Gasteiger charge is 2.09. The molecular weight excluding hydrogens is 256 g/mol. The smallest absolute Gasteiger partial charge is 0.273 e. The number of benzene rings is 1. The highest BCUT2D eigenvalue weighted by atomic mass is 16.6. The maximum atomic E-state index is 10.7. The van der Waals surface area contributed by atoms with Gasteiger partial charge in [0.15, 0.2) is 0 Å². The summed E-state index contributed by atoms with van der Waals surface area (Å²) < 4.78 is 5.53. The van der Waals surface area contributed by atoms with Crippen LogP contribution >= 0.6 is 0 Å². The third-order valence-corrected chi connectivity index (χ3v) is 3.21. The van der Waals surface area contributed by atoms with E-state index in [1.807, 2.05) is 0 Å². The van der Waals surface area contributed by atoms with Crippen LogP contribution in [0.2, 0.25) is 0 Å². The number of hydrogen-bond acceptors (Lipinski definition) is 4. The lowest BCUT2D eigenvalue weighted by Gasteiger charge is -2.08. The van der Waals surface area contributed by atoms with Crippen molar-refractivity contribution in [3.05, 3.63) is 28.3 Å². The molecule has 2 N–H and O–H groups in total. The summed E-state index contributed by atoms with van der Waals surface area (Å²) in [6.07, 6.45) is 8.43. The Labute approximate surface area is 120 Å². The zero-order valence-electron chi connectivity index (χ0n) is 12.1. The molecule has 0 aliphatic heterocycles. The SMILES string of the molecule is CCCCCCCCCOc1cc([N+](=O)[O-])ccc1N. The number of nitrogen functional groups attached to an aromatic ring is 1. The Hall–Kier alpha value is -1.78. The van der Waals surface area contributed by atoms with Gasteiger partial charge in [-0.3, -0.25) is 10.1 Å². The van der Waals surface area contributed by atoms with Crippen molar-refractivity contribution in [2.75, 3.05) is 12.3 Å². The number of nitro groups is 1.